The van der Waals surface area contributed by atoms with E-state index in [1.165, 1.54) is 5.56 Å². The number of rotatable bonds is 6. The third kappa shape index (κ3) is 3.42. The van der Waals surface area contributed by atoms with Gasteiger partial charge in [-0.05, 0) is 37.9 Å². The fourth-order valence-corrected chi connectivity index (χ4v) is 1.95. The number of hydrogen-bond acceptors (Lipinski definition) is 4. The molecule has 0 aliphatic heterocycles. The molecule has 0 atom stereocenters. The van der Waals surface area contributed by atoms with Gasteiger partial charge >= 0.3 is 0 Å². The van der Waals surface area contributed by atoms with Gasteiger partial charge in [0.2, 0.25) is 0 Å². The molecular formula is C14H19N3O. The Morgan fingerprint density at radius 3 is 2.89 bits per heavy atom. The minimum Gasteiger partial charge on any atom is -0.468 e. The molecule has 0 amide bonds. The van der Waals surface area contributed by atoms with Crippen LogP contribution in [0.25, 0.3) is 0 Å². The minimum absolute atomic E-state index is 0.794. The van der Waals surface area contributed by atoms with Crippen LogP contribution >= 0.6 is 0 Å². The van der Waals surface area contributed by atoms with E-state index in [9.17, 15) is 0 Å². The topological polar surface area (TPSA) is 41.3 Å². The van der Waals surface area contributed by atoms with Crippen molar-refractivity contribution in [3.8, 4) is 0 Å². The van der Waals surface area contributed by atoms with Crippen LogP contribution in [-0.4, -0.2) is 24.0 Å². The predicted octanol–water partition coefficient (Wildman–Crippen LogP) is 2.03. The smallest absolute Gasteiger partial charge is 0.117 e. The summed E-state index contributed by atoms with van der Waals surface area (Å²) >= 11 is 0. The maximum absolute atomic E-state index is 5.35. The highest BCUT2D eigenvalue weighted by molar-refractivity contribution is 5.19. The zero-order chi connectivity index (χ0) is 12.8. The fraction of sp³-hybridized carbons (Fsp3) is 0.357. The summed E-state index contributed by atoms with van der Waals surface area (Å²) in [6.45, 7) is 2.46. The average molecular weight is 245 g/mol. The third-order valence-corrected chi connectivity index (χ3v) is 2.78. The van der Waals surface area contributed by atoms with E-state index in [2.05, 4.69) is 28.3 Å². The van der Waals surface area contributed by atoms with Gasteiger partial charge in [0.15, 0.2) is 0 Å². The molecule has 2 aromatic rings. The maximum Gasteiger partial charge on any atom is 0.117 e. The van der Waals surface area contributed by atoms with Crippen LogP contribution in [0.2, 0.25) is 0 Å². The van der Waals surface area contributed by atoms with Crippen LogP contribution in [0.4, 0.5) is 0 Å². The van der Waals surface area contributed by atoms with Gasteiger partial charge in [0.05, 0.1) is 18.5 Å². The molecule has 0 aliphatic rings. The maximum atomic E-state index is 5.35. The van der Waals surface area contributed by atoms with E-state index < -0.39 is 0 Å². The second kappa shape index (κ2) is 6.33. The van der Waals surface area contributed by atoms with Gasteiger partial charge in [-0.25, -0.2) is 0 Å². The first-order chi connectivity index (χ1) is 8.79. The monoisotopic (exact) mass is 245 g/mol. The summed E-state index contributed by atoms with van der Waals surface area (Å²) in [4.78, 5) is 6.65. The van der Waals surface area contributed by atoms with Gasteiger partial charge in [-0.15, -0.1) is 0 Å². The van der Waals surface area contributed by atoms with E-state index in [1.54, 1.807) is 6.26 Å². The Morgan fingerprint density at radius 1 is 1.28 bits per heavy atom. The number of pyridine rings is 1. The molecule has 0 saturated carbocycles. The molecule has 0 fully saturated rings. The summed E-state index contributed by atoms with van der Waals surface area (Å²) in [7, 11) is 4.02. The van der Waals surface area contributed by atoms with Crippen molar-refractivity contribution in [2.75, 3.05) is 14.1 Å². The molecule has 0 unspecified atom stereocenters. The lowest BCUT2D eigenvalue weighted by molar-refractivity contribution is 0.284. The third-order valence-electron chi connectivity index (χ3n) is 2.78. The lowest BCUT2D eigenvalue weighted by Gasteiger charge is -2.16. The zero-order valence-electron chi connectivity index (χ0n) is 10.9. The van der Waals surface area contributed by atoms with Crippen molar-refractivity contribution in [3.63, 3.8) is 0 Å². The van der Waals surface area contributed by atoms with Crippen molar-refractivity contribution in [2.24, 2.45) is 0 Å². The molecule has 2 heterocycles. The van der Waals surface area contributed by atoms with Crippen LogP contribution in [0.3, 0.4) is 0 Å². The Bertz CT molecular complexity index is 468. The lowest BCUT2D eigenvalue weighted by Crippen LogP contribution is -2.20. The Labute approximate surface area is 108 Å². The number of hydrogen-bond donors (Lipinski definition) is 1. The van der Waals surface area contributed by atoms with Gasteiger partial charge < -0.3 is 9.73 Å². The van der Waals surface area contributed by atoms with E-state index in [0.29, 0.717) is 0 Å². The van der Waals surface area contributed by atoms with Gasteiger partial charge in [-0.3, -0.25) is 9.88 Å². The normalized spacial score (nSPS) is 11.1. The molecule has 0 bridgehead atoms. The Balaban J connectivity index is 2.00. The predicted molar refractivity (Wildman–Crippen MR) is 70.9 cm³/mol. The Kier molecular flexibility index (Phi) is 4.50. The molecule has 4 nitrogen and oxygen atoms in total. The highest BCUT2D eigenvalue weighted by Crippen LogP contribution is 2.10. The quantitative estimate of drug-likeness (QED) is 0.845. The first-order valence-electron chi connectivity index (χ1n) is 6.08. The van der Waals surface area contributed by atoms with Gasteiger partial charge in [0, 0.05) is 19.3 Å². The number of aromatic nitrogens is 1. The summed E-state index contributed by atoms with van der Waals surface area (Å²) in [5.74, 6) is 0.976. The van der Waals surface area contributed by atoms with Gasteiger partial charge in [-0.2, -0.15) is 0 Å². The molecule has 2 aromatic heterocycles. The van der Waals surface area contributed by atoms with Crippen molar-refractivity contribution < 1.29 is 4.42 Å². The molecule has 0 aliphatic carbocycles. The second-order valence-corrected chi connectivity index (χ2v) is 4.39. The second-order valence-electron chi connectivity index (χ2n) is 4.39. The minimum atomic E-state index is 0.794. The molecule has 2 rings (SSSR count). The zero-order valence-corrected chi connectivity index (χ0v) is 10.9. The van der Waals surface area contributed by atoms with Crippen LogP contribution in [0.5, 0.6) is 0 Å². The van der Waals surface area contributed by atoms with Gasteiger partial charge in [-0.1, -0.05) is 6.07 Å². The Morgan fingerprint density at radius 2 is 2.17 bits per heavy atom. The average Bonchev–Trinajstić information content (AvgIpc) is 2.84. The highest BCUT2D eigenvalue weighted by Gasteiger charge is 2.08. The Hall–Kier alpha value is -1.65. The standard InChI is InChI=1S/C14H19N3O/c1-15-9-12-5-3-7-16-14(12)11-17(2)10-13-6-4-8-18-13/h3-8,15H,9-11H2,1-2H3. The van der Waals surface area contributed by atoms with Crippen LogP contribution in [0.15, 0.2) is 41.1 Å². The lowest BCUT2D eigenvalue weighted by atomic mass is 10.2. The number of nitrogens with zero attached hydrogens (tertiary/aromatic N) is 2. The van der Waals surface area contributed by atoms with E-state index >= 15 is 0 Å². The molecule has 18 heavy (non-hydrogen) atoms. The van der Waals surface area contributed by atoms with Crippen molar-refractivity contribution in [2.45, 2.75) is 19.6 Å². The highest BCUT2D eigenvalue weighted by atomic mass is 16.3. The molecule has 0 saturated heterocycles. The van der Waals surface area contributed by atoms with Crippen molar-refractivity contribution in [3.05, 3.63) is 53.7 Å². The molecule has 0 radical (unpaired) electrons. The SMILES string of the molecule is CNCc1cccnc1CN(C)Cc1ccco1. The van der Waals surface area contributed by atoms with Crippen LogP contribution in [0, 0.1) is 0 Å². The summed E-state index contributed by atoms with van der Waals surface area (Å²) in [5.41, 5.74) is 2.35. The fourth-order valence-electron chi connectivity index (χ4n) is 1.95. The number of furan rings is 1. The van der Waals surface area contributed by atoms with Gasteiger partial charge in [0.25, 0.3) is 0 Å². The summed E-state index contributed by atoms with van der Waals surface area (Å²) in [5, 5.41) is 3.17. The first-order valence-corrected chi connectivity index (χ1v) is 6.08. The molecule has 1 N–H and O–H groups in total. The van der Waals surface area contributed by atoms with E-state index in [4.69, 9.17) is 4.42 Å². The van der Waals surface area contributed by atoms with Gasteiger partial charge in [0.1, 0.15) is 5.76 Å². The van der Waals surface area contributed by atoms with Crippen LogP contribution < -0.4 is 5.32 Å². The van der Waals surface area contributed by atoms with Crippen molar-refractivity contribution >= 4 is 0 Å². The molecule has 4 heteroatoms. The molecule has 0 aromatic carbocycles. The summed E-state index contributed by atoms with van der Waals surface area (Å²) in [6, 6.07) is 7.99. The summed E-state index contributed by atoms with van der Waals surface area (Å²) < 4.78 is 5.35. The molecule has 96 valence electrons. The van der Waals surface area contributed by atoms with Crippen LogP contribution in [0.1, 0.15) is 17.0 Å². The van der Waals surface area contributed by atoms with Crippen molar-refractivity contribution in [1.82, 2.24) is 15.2 Å². The number of nitrogens with one attached hydrogen (secondary N) is 1. The molecular weight excluding hydrogens is 226 g/mol. The largest absolute Gasteiger partial charge is 0.468 e. The molecule has 0 spiro atoms. The first kappa shape index (κ1) is 12.8. The van der Waals surface area contributed by atoms with Crippen LogP contribution in [-0.2, 0) is 19.6 Å². The van der Waals surface area contributed by atoms with Crippen molar-refractivity contribution in [1.29, 1.82) is 0 Å². The van der Waals surface area contributed by atoms with E-state index in [-0.39, 0.29) is 0 Å². The summed E-state index contributed by atoms with van der Waals surface area (Å²) in [6.07, 6.45) is 3.55. The van der Waals surface area contributed by atoms with E-state index in [0.717, 1.165) is 31.1 Å². The van der Waals surface area contributed by atoms with E-state index in [1.807, 2.05) is 31.4 Å².